The second-order valence-electron chi connectivity index (χ2n) is 3.22. The van der Waals surface area contributed by atoms with E-state index in [-0.39, 0.29) is 0 Å². The molecule has 0 aromatic carbocycles. The number of aromatic nitrogens is 1. The van der Waals surface area contributed by atoms with Crippen LogP contribution in [0.25, 0.3) is 0 Å². The lowest BCUT2D eigenvalue weighted by Gasteiger charge is -2.07. The molecule has 1 N–H and O–H groups in total. The Morgan fingerprint density at radius 2 is 2.00 bits per heavy atom. The Morgan fingerprint density at radius 3 is 2.36 bits per heavy atom. The summed E-state index contributed by atoms with van der Waals surface area (Å²) in [4.78, 5) is 5.38. The van der Waals surface area contributed by atoms with Crippen molar-refractivity contribution in [2.24, 2.45) is 0 Å². The van der Waals surface area contributed by atoms with Crippen molar-refractivity contribution >= 4 is 0 Å². The van der Waals surface area contributed by atoms with Crippen LogP contribution in [0.3, 0.4) is 0 Å². The van der Waals surface area contributed by atoms with Gasteiger partial charge in [0.1, 0.15) is 0 Å². The van der Waals surface area contributed by atoms with Gasteiger partial charge < -0.3 is 9.88 Å². The van der Waals surface area contributed by atoms with E-state index in [0.29, 0.717) is 0 Å². The molecular formula is C9H15N2. The van der Waals surface area contributed by atoms with Crippen LogP contribution in [0.1, 0.15) is 17.0 Å². The Hall–Kier alpha value is -0.760. The average molecular weight is 151 g/mol. The third-order valence-corrected chi connectivity index (χ3v) is 1.64. The number of nitrogens with one attached hydrogen (secondary N) is 1. The molecule has 0 atom stereocenters. The summed E-state index contributed by atoms with van der Waals surface area (Å²) in [6.07, 6.45) is 0. The van der Waals surface area contributed by atoms with Crippen LogP contribution in [-0.2, 0) is 6.54 Å². The number of aromatic amines is 1. The molecule has 61 valence electrons. The van der Waals surface area contributed by atoms with Crippen molar-refractivity contribution in [2.45, 2.75) is 20.4 Å². The first-order chi connectivity index (χ1) is 5.09. The molecule has 1 rings (SSSR count). The molecule has 0 aliphatic heterocycles. The standard InChI is InChI=1S/C9H15N2/c1-7-5-9(6-11(3)4)8(2)10-7/h10H,6H2,1-4H3. The zero-order chi connectivity index (χ0) is 8.43. The summed E-state index contributed by atoms with van der Waals surface area (Å²) in [5.74, 6) is 0. The Kier molecular flexibility index (Phi) is 2.35. The molecule has 1 aromatic rings. The molecule has 0 amide bonds. The first kappa shape index (κ1) is 8.34. The maximum atomic E-state index is 3.28. The molecule has 0 spiro atoms. The van der Waals surface area contributed by atoms with E-state index < -0.39 is 0 Å². The smallest absolute Gasteiger partial charge is 0.0251 e. The predicted molar refractivity (Wildman–Crippen MR) is 46.5 cm³/mol. The molecule has 1 aromatic heterocycles. The number of hydrogen-bond donors (Lipinski definition) is 1. The van der Waals surface area contributed by atoms with E-state index in [2.05, 4.69) is 37.0 Å². The van der Waals surface area contributed by atoms with Gasteiger partial charge in [-0.05, 0) is 33.5 Å². The van der Waals surface area contributed by atoms with Crippen molar-refractivity contribution in [1.29, 1.82) is 0 Å². The minimum Gasteiger partial charge on any atom is -0.362 e. The van der Waals surface area contributed by atoms with Crippen LogP contribution < -0.4 is 0 Å². The summed E-state index contributed by atoms with van der Waals surface area (Å²) in [5.41, 5.74) is 3.63. The lowest BCUT2D eigenvalue weighted by molar-refractivity contribution is 0.401. The molecule has 1 heterocycles. The van der Waals surface area contributed by atoms with Gasteiger partial charge in [-0.2, -0.15) is 0 Å². The van der Waals surface area contributed by atoms with Gasteiger partial charge in [0.25, 0.3) is 0 Å². The van der Waals surface area contributed by atoms with Crippen molar-refractivity contribution in [3.8, 4) is 0 Å². The van der Waals surface area contributed by atoms with Crippen molar-refractivity contribution < 1.29 is 0 Å². The number of H-pyrrole nitrogens is 1. The van der Waals surface area contributed by atoms with Gasteiger partial charge >= 0.3 is 0 Å². The second-order valence-corrected chi connectivity index (χ2v) is 3.22. The fourth-order valence-electron chi connectivity index (χ4n) is 1.18. The van der Waals surface area contributed by atoms with Crippen LogP contribution in [0.2, 0.25) is 0 Å². The molecule has 0 saturated carbocycles. The Bertz CT molecular complexity index is 236. The van der Waals surface area contributed by atoms with Crippen molar-refractivity contribution in [2.75, 3.05) is 14.1 Å². The SMILES string of the molecule is Cc1[c]c(CN(C)C)c(C)[nH]1. The van der Waals surface area contributed by atoms with Crippen LogP contribution in [0.4, 0.5) is 0 Å². The van der Waals surface area contributed by atoms with Gasteiger partial charge in [-0.25, -0.2) is 0 Å². The maximum Gasteiger partial charge on any atom is 0.0251 e. The maximum absolute atomic E-state index is 3.28. The van der Waals surface area contributed by atoms with Crippen molar-refractivity contribution in [3.63, 3.8) is 0 Å². The number of hydrogen-bond acceptors (Lipinski definition) is 1. The van der Waals surface area contributed by atoms with Gasteiger partial charge in [-0.3, -0.25) is 0 Å². The molecule has 2 nitrogen and oxygen atoms in total. The highest BCUT2D eigenvalue weighted by atomic mass is 15.1. The van der Waals surface area contributed by atoms with E-state index in [1.54, 1.807) is 0 Å². The lowest BCUT2D eigenvalue weighted by atomic mass is 10.2. The van der Waals surface area contributed by atoms with Gasteiger partial charge in [-0.1, -0.05) is 0 Å². The van der Waals surface area contributed by atoms with E-state index >= 15 is 0 Å². The number of nitrogens with zero attached hydrogens (tertiary/aromatic N) is 1. The van der Waals surface area contributed by atoms with Crippen LogP contribution in [0.5, 0.6) is 0 Å². The van der Waals surface area contributed by atoms with E-state index in [1.165, 1.54) is 11.3 Å². The quantitative estimate of drug-likeness (QED) is 0.678. The molecule has 0 aliphatic carbocycles. The van der Waals surface area contributed by atoms with Crippen molar-refractivity contribution in [1.82, 2.24) is 9.88 Å². The summed E-state index contributed by atoms with van der Waals surface area (Å²) in [6.45, 7) is 5.09. The Morgan fingerprint density at radius 1 is 1.36 bits per heavy atom. The summed E-state index contributed by atoms with van der Waals surface area (Å²) in [6, 6.07) is 3.28. The third kappa shape index (κ3) is 2.09. The molecule has 0 aliphatic rings. The van der Waals surface area contributed by atoms with Gasteiger partial charge in [0.15, 0.2) is 0 Å². The van der Waals surface area contributed by atoms with Gasteiger partial charge in [-0.15, -0.1) is 0 Å². The molecule has 0 unspecified atom stereocenters. The predicted octanol–water partition coefficient (Wildman–Crippen LogP) is 1.49. The van der Waals surface area contributed by atoms with Gasteiger partial charge in [0.2, 0.25) is 0 Å². The van der Waals surface area contributed by atoms with E-state index in [0.717, 1.165) is 12.2 Å². The molecular weight excluding hydrogens is 136 g/mol. The Labute approximate surface area is 68.2 Å². The zero-order valence-corrected chi connectivity index (χ0v) is 7.65. The first-order valence-electron chi connectivity index (χ1n) is 3.81. The highest BCUT2D eigenvalue weighted by Crippen LogP contribution is 2.09. The highest BCUT2D eigenvalue weighted by Gasteiger charge is 2.02. The molecule has 2 heteroatoms. The molecule has 11 heavy (non-hydrogen) atoms. The molecule has 1 radical (unpaired) electrons. The van der Waals surface area contributed by atoms with Gasteiger partial charge in [0, 0.05) is 24.0 Å². The Balaban J connectivity index is 2.77. The summed E-state index contributed by atoms with van der Waals surface area (Å²) >= 11 is 0. The zero-order valence-electron chi connectivity index (χ0n) is 7.65. The largest absolute Gasteiger partial charge is 0.362 e. The average Bonchev–Trinajstić information content (AvgIpc) is 2.09. The van der Waals surface area contributed by atoms with Crippen LogP contribution in [-0.4, -0.2) is 24.0 Å². The van der Waals surface area contributed by atoms with E-state index in [4.69, 9.17) is 0 Å². The third-order valence-electron chi connectivity index (χ3n) is 1.64. The summed E-state index contributed by atoms with van der Waals surface area (Å²) in [7, 11) is 4.13. The van der Waals surface area contributed by atoms with E-state index in [9.17, 15) is 0 Å². The molecule has 0 fully saturated rings. The topological polar surface area (TPSA) is 19.0 Å². The minimum atomic E-state index is 0.968. The minimum absolute atomic E-state index is 0.968. The summed E-state index contributed by atoms with van der Waals surface area (Å²) in [5, 5.41) is 0. The fraction of sp³-hybridized carbons (Fsp3) is 0.556. The first-order valence-corrected chi connectivity index (χ1v) is 3.81. The highest BCUT2D eigenvalue weighted by molar-refractivity contribution is 5.22. The van der Waals surface area contributed by atoms with Crippen LogP contribution in [0.15, 0.2) is 0 Å². The molecule has 0 bridgehead atoms. The fourth-order valence-corrected chi connectivity index (χ4v) is 1.18. The van der Waals surface area contributed by atoms with Crippen LogP contribution >= 0.6 is 0 Å². The van der Waals surface area contributed by atoms with Crippen molar-refractivity contribution in [3.05, 3.63) is 23.0 Å². The monoisotopic (exact) mass is 151 g/mol. The van der Waals surface area contributed by atoms with E-state index in [1.807, 2.05) is 6.92 Å². The van der Waals surface area contributed by atoms with Crippen LogP contribution in [0, 0.1) is 19.9 Å². The number of aryl methyl sites for hydroxylation is 2. The lowest BCUT2D eigenvalue weighted by Crippen LogP contribution is -2.10. The normalized spacial score (nSPS) is 11.0. The summed E-state index contributed by atoms with van der Waals surface area (Å²) < 4.78 is 0. The number of rotatable bonds is 2. The molecule has 0 saturated heterocycles. The second kappa shape index (κ2) is 3.09. The van der Waals surface area contributed by atoms with Gasteiger partial charge in [0.05, 0.1) is 0 Å².